The van der Waals surface area contributed by atoms with Crippen LogP contribution in [-0.4, -0.2) is 37.5 Å². The molecule has 0 saturated heterocycles. The van der Waals surface area contributed by atoms with Gasteiger partial charge in [0.05, 0.1) is 13.1 Å². The third kappa shape index (κ3) is 5.64. The summed E-state index contributed by atoms with van der Waals surface area (Å²) in [5, 5.41) is 6.12. The number of hydrogen-bond acceptors (Lipinski definition) is 2. The monoisotopic (exact) mass is 332 g/mol. The number of benzene rings is 1. The number of rotatable bonds is 9. The molecule has 3 atom stereocenters. The highest BCUT2D eigenvalue weighted by molar-refractivity contribution is 5.81. The Morgan fingerprint density at radius 2 is 1.92 bits per heavy atom. The van der Waals surface area contributed by atoms with E-state index < -0.39 is 0 Å². The Hall–Kier alpha value is -1.88. The molecule has 1 aromatic carbocycles. The van der Waals surface area contributed by atoms with E-state index >= 15 is 0 Å². The van der Waals surface area contributed by atoms with Crippen LogP contribution in [0.3, 0.4) is 0 Å². The van der Waals surface area contributed by atoms with Gasteiger partial charge in [0.1, 0.15) is 0 Å². The zero-order valence-corrected chi connectivity index (χ0v) is 15.0. The Bertz CT molecular complexity index is 543. The maximum absolute atomic E-state index is 12.6. The van der Waals surface area contributed by atoms with E-state index in [9.17, 15) is 9.59 Å². The van der Waals surface area contributed by atoms with Crippen LogP contribution in [0, 0.1) is 0 Å². The van der Waals surface area contributed by atoms with Gasteiger partial charge in [0, 0.05) is 6.04 Å². The van der Waals surface area contributed by atoms with Gasteiger partial charge in [-0.2, -0.15) is 0 Å². The molecule has 0 radical (unpaired) electrons. The normalized spacial score (nSPS) is 17.6. The van der Waals surface area contributed by atoms with Gasteiger partial charge in [-0.25, -0.2) is 0 Å². The minimum absolute atomic E-state index is 0.00553. The Kier molecular flexibility index (Phi) is 6.79. The Morgan fingerprint density at radius 1 is 1.25 bits per heavy atom. The first-order valence-electron chi connectivity index (χ1n) is 8.98. The van der Waals surface area contributed by atoms with Crippen LogP contribution in [0.4, 0.5) is 0 Å². The molecular weight excluding hydrogens is 302 g/mol. The zero-order chi connectivity index (χ0) is 17.5. The van der Waals surface area contributed by atoms with Gasteiger partial charge in [-0.3, -0.25) is 9.59 Å². The molecule has 24 heavy (non-hydrogen) atoms. The predicted octanol–water partition coefficient (Wildman–Crippen LogP) is 0.826. The fraction of sp³-hybridized carbons (Fsp3) is 0.579. The fourth-order valence-electron chi connectivity index (χ4n) is 2.73. The summed E-state index contributed by atoms with van der Waals surface area (Å²) < 4.78 is 0. The summed E-state index contributed by atoms with van der Waals surface area (Å²) in [7, 11) is 1.90. The van der Waals surface area contributed by atoms with Crippen LogP contribution in [0.15, 0.2) is 30.3 Å². The highest BCUT2D eigenvalue weighted by Gasteiger charge is 2.28. The number of likely N-dealkylation sites (N-methyl/N-ethyl adjacent to an activating group) is 1. The Morgan fingerprint density at radius 3 is 2.50 bits per heavy atom. The van der Waals surface area contributed by atoms with Crippen LogP contribution < -0.4 is 15.5 Å². The molecular formula is C19H30N3O2+. The van der Waals surface area contributed by atoms with Gasteiger partial charge < -0.3 is 15.5 Å². The van der Waals surface area contributed by atoms with Gasteiger partial charge in [0.15, 0.2) is 12.6 Å². The van der Waals surface area contributed by atoms with Crippen molar-refractivity contribution in [2.45, 2.75) is 57.7 Å². The van der Waals surface area contributed by atoms with Crippen LogP contribution in [-0.2, 0) is 9.59 Å². The summed E-state index contributed by atoms with van der Waals surface area (Å²) in [5.41, 5.74) is 1.13. The summed E-state index contributed by atoms with van der Waals surface area (Å²) in [6, 6.07) is 10.2. The molecule has 1 aliphatic carbocycles. The van der Waals surface area contributed by atoms with Gasteiger partial charge in [-0.05, 0) is 31.7 Å². The lowest BCUT2D eigenvalue weighted by atomic mass is 10.0. The smallest absolute Gasteiger partial charge is 0.278 e. The van der Waals surface area contributed by atoms with Crippen molar-refractivity contribution < 1.29 is 14.5 Å². The van der Waals surface area contributed by atoms with Crippen molar-refractivity contribution in [3.05, 3.63) is 35.9 Å². The van der Waals surface area contributed by atoms with E-state index in [0.29, 0.717) is 12.6 Å². The second-order valence-corrected chi connectivity index (χ2v) is 6.85. The molecule has 1 saturated carbocycles. The molecule has 3 N–H and O–H groups in total. The van der Waals surface area contributed by atoms with E-state index in [1.54, 1.807) is 0 Å². The minimum atomic E-state index is -0.266. The molecule has 132 valence electrons. The summed E-state index contributed by atoms with van der Waals surface area (Å²) >= 11 is 0. The highest BCUT2D eigenvalue weighted by Crippen LogP contribution is 2.18. The number of carbonyl (C=O) groups is 2. The van der Waals surface area contributed by atoms with E-state index in [0.717, 1.165) is 36.1 Å². The second-order valence-electron chi connectivity index (χ2n) is 6.85. The summed E-state index contributed by atoms with van der Waals surface area (Å²) in [5.74, 6) is 0.0249. The van der Waals surface area contributed by atoms with E-state index in [1.807, 2.05) is 44.3 Å². The van der Waals surface area contributed by atoms with Crippen molar-refractivity contribution in [1.29, 1.82) is 0 Å². The van der Waals surface area contributed by atoms with Crippen LogP contribution >= 0.6 is 0 Å². The van der Waals surface area contributed by atoms with E-state index in [4.69, 9.17) is 0 Å². The maximum atomic E-state index is 12.6. The molecule has 1 aliphatic rings. The first-order chi connectivity index (χ1) is 11.5. The lowest BCUT2D eigenvalue weighted by Crippen LogP contribution is -3.15. The average Bonchev–Trinajstić information content (AvgIpc) is 3.38. The lowest BCUT2D eigenvalue weighted by molar-refractivity contribution is -0.886. The number of quaternary nitrogens is 1. The van der Waals surface area contributed by atoms with Crippen LogP contribution in [0.25, 0.3) is 0 Å². The average molecular weight is 332 g/mol. The van der Waals surface area contributed by atoms with Crippen molar-refractivity contribution in [2.24, 2.45) is 0 Å². The molecule has 2 rings (SSSR count). The molecule has 1 unspecified atom stereocenters. The standard InChI is InChI=1S/C19H29N3O2/c1-4-8-17(15-9-6-5-7-10-15)21-19(24)14(2)22(3)13-18(23)20-16-11-12-16/h5-7,9-10,14,16-17H,4,8,11-13H2,1-3H3,(H,20,23)(H,21,24)/p+1/t14-,17-/m1/s1. The van der Waals surface area contributed by atoms with Crippen molar-refractivity contribution in [3.8, 4) is 0 Å². The Labute approximate surface area is 144 Å². The summed E-state index contributed by atoms with van der Waals surface area (Å²) in [6.45, 7) is 4.32. The first-order valence-corrected chi connectivity index (χ1v) is 8.98. The molecule has 1 fully saturated rings. The molecule has 0 aliphatic heterocycles. The quantitative estimate of drug-likeness (QED) is 0.627. The summed E-state index contributed by atoms with van der Waals surface area (Å²) in [4.78, 5) is 25.4. The third-order valence-electron chi connectivity index (χ3n) is 4.61. The fourth-order valence-corrected chi connectivity index (χ4v) is 2.73. The van der Waals surface area contributed by atoms with Crippen molar-refractivity contribution in [1.82, 2.24) is 10.6 Å². The van der Waals surface area contributed by atoms with Gasteiger partial charge in [-0.1, -0.05) is 43.7 Å². The van der Waals surface area contributed by atoms with Gasteiger partial charge >= 0.3 is 0 Å². The van der Waals surface area contributed by atoms with E-state index in [1.165, 1.54) is 0 Å². The Balaban J connectivity index is 1.88. The maximum Gasteiger partial charge on any atom is 0.278 e. The molecule has 1 aromatic rings. The van der Waals surface area contributed by atoms with Crippen molar-refractivity contribution in [2.75, 3.05) is 13.6 Å². The van der Waals surface area contributed by atoms with Crippen LogP contribution in [0.2, 0.25) is 0 Å². The van der Waals surface area contributed by atoms with Gasteiger partial charge in [-0.15, -0.1) is 0 Å². The zero-order valence-electron chi connectivity index (χ0n) is 15.0. The highest BCUT2D eigenvalue weighted by atomic mass is 16.2. The molecule has 0 bridgehead atoms. The third-order valence-corrected chi connectivity index (χ3v) is 4.61. The van der Waals surface area contributed by atoms with E-state index in [2.05, 4.69) is 17.6 Å². The topological polar surface area (TPSA) is 62.6 Å². The molecule has 0 heterocycles. The summed E-state index contributed by atoms with van der Waals surface area (Å²) in [6.07, 6.45) is 4.07. The molecule has 0 aromatic heterocycles. The van der Waals surface area contributed by atoms with E-state index in [-0.39, 0.29) is 23.9 Å². The number of amides is 2. The van der Waals surface area contributed by atoms with Crippen molar-refractivity contribution >= 4 is 11.8 Å². The molecule has 0 spiro atoms. The van der Waals surface area contributed by atoms with Crippen LogP contribution in [0.5, 0.6) is 0 Å². The molecule has 5 heteroatoms. The lowest BCUT2D eigenvalue weighted by Gasteiger charge is -2.24. The number of nitrogens with one attached hydrogen (secondary N) is 3. The van der Waals surface area contributed by atoms with Gasteiger partial charge in [0.25, 0.3) is 11.8 Å². The predicted molar refractivity (Wildman–Crippen MR) is 94.6 cm³/mol. The van der Waals surface area contributed by atoms with Gasteiger partial charge in [0.2, 0.25) is 0 Å². The minimum Gasteiger partial charge on any atom is -0.348 e. The SMILES string of the molecule is CCC[C@@H](NC(=O)[C@@H](C)[NH+](C)CC(=O)NC1CC1)c1ccccc1. The number of carbonyl (C=O) groups excluding carboxylic acids is 2. The number of hydrogen-bond donors (Lipinski definition) is 3. The van der Waals surface area contributed by atoms with Crippen molar-refractivity contribution in [3.63, 3.8) is 0 Å². The molecule has 2 amide bonds. The molecule has 5 nitrogen and oxygen atoms in total. The largest absolute Gasteiger partial charge is 0.348 e. The first kappa shape index (κ1) is 18.5. The van der Waals surface area contributed by atoms with Crippen LogP contribution in [0.1, 0.15) is 51.1 Å². The second kappa shape index (κ2) is 8.83.